The summed E-state index contributed by atoms with van der Waals surface area (Å²) in [5, 5.41) is 4.90. The summed E-state index contributed by atoms with van der Waals surface area (Å²) in [6, 6.07) is 7.99. The molecule has 1 amide bonds. The summed E-state index contributed by atoms with van der Waals surface area (Å²) in [4.78, 5) is 18.3. The van der Waals surface area contributed by atoms with E-state index in [-0.39, 0.29) is 5.91 Å². The van der Waals surface area contributed by atoms with Gasteiger partial charge >= 0.3 is 0 Å². The van der Waals surface area contributed by atoms with Crippen LogP contribution in [0, 0.1) is 0 Å². The molecule has 0 radical (unpaired) electrons. The van der Waals surface area contributed by atoms with E-state index in [2.05, 4.69) is 29.0 Å². The van der Waals surface area contributed by atoms with Crippen LogP contribution in [0.2, 0.25) is 0 Å². The molecular formula is C16H21N3OS. The van der Waals surface area contributed by atoms with Crippen molar-refractivity contribution in [1.29, 1.82) is 0 Å². The van der Waals surface area contributed by atoms with Gasteiger partial charge in [0.2, 0.25) is 5.91 Å². The SMILES string of the molecule is CCN(CC)c1ccc(NC(=O)CCc2cscn2)cc1. The number of carbonyl (C=O) groups is 1. The van der Waals surface area contributed by atoms with Crippen molar-refractivity contribution in [3.05, 3.63) is 40.8 Å². The number of aromatic nitrogens is 1. The number of hydrogen-bond acceptors (Lipinski definition) is 4. The predicted molar refractivity (Wildman–Crippen MR) is 89.1 cm³/mol. The normalized spacial score (nSPS) is 10.4. The number of anilines is 2. The van der Waals surface area contributed by atoms with Crippen LogP contribution in [0.4, 0.5) is 11.4 Å². The number of benzene rings is 1. The van der Waals surface area contributed by atoms with Crippen molar-refractivity contribution < 1.29 is 4.79 Å². The average Bonchev–Trinajstić information content (AvgIpc) is 3.01. The standard InChI is InChI=1S/C16H21N3OS/c1-3-19(4-2)15-8-5-13(6-9-15)18-16(20)10-7-14-11-21-12-17-14/h5-6,8-9,11-12H,3-4,7,10H2,1-2H3,(H,18,20). The third kappa shape index (κ3) is 4.56. The molecule has 0 aliphatic carbocycles. The van der Waals surface area contributed by atoms with E-state index in [9.17, 15) is 4.79 Å². The number of nitrogens with zero attached hydrogens (tertiary/aromatic N) is 2. The van der Waals surface area contributed by atoms with Crippen LogP contribution in [0.1, 0.15) is 26.0 Å². The van der Waals surface area contributed by atoms with Crippen LogP contribution >= 0.6 is 11.3 Å². The molecule has 2 rings (SSSR count). The zero-order valence-corrected chi connectivity index (χ0v) is 13.3. The van der Waals surface area contributed by atoms with Gasteiger partial charge in [0, 0.05) is 36.3 Å². The van der Waals surface area contributed by atoms with Crippen LogP contribution in [-0.4, -0.2) is 24.0 Å². The number of hydrogen-bond donors (Lipinski definition) is 1. The van der Waals surface area contributed by atoms with Gasteiger partial charge in [0.1, 0.15) is 0 Å². The summed E-state index contributed by atoms with van der Waals surface area (Å²) in [5.41, 5.74) is 4.79. The van der Waals surface area contributed by atoms with E-state index in [1.54, 1.807) is 16.8 Å². The average molecular weight is 303 g/mol. The predicted octanol–water partition coefficient (Wildman–Crippen LogP) is 3.56. The molecule has 2 aromatic rings. The first-order valence-corrected chi connectivity index (χ1v) is 8.19. The van der Waals surface area contributed by atoms with Gasteiger partial charge in [-0.3, -0.25) is 4.79 Å². The minimum Gasteiger partial charge on any atom is -0.372 e. The highest BCUT2D eigenvalue weighted by Crippen LogP contribution is 2.18. The summed E-state index contributed by atoms with van der Waals surface area (Å²) < 4.78 is 0. The van der Waals surface area contributed by atoms with Gasteiger partial charge in [-0.05, 0) is 44.5 Å². The van der Waals surface area contributed by atoms with Crippen molar-refractivity contribution in [2.24, 2.45) is 0 Å². The molecule has 21 heavy (non-hydrogen) atoms. The molecule has 1 aromatic carbocycles. The Morgan fingerprint density at radius 2 is 1.95 bits per heavy atom. The Morgan fingerprint density at radius 3 is 2.52 bits per heavy atom. The van der Waals surface area contributed by atoms with Crippen LogP contribution < -0.4 is 10.2 Å². The molecule has 0 spiro atoms. The van der Waals surface area contributed by atoms with E-state index in [0.29, 0.717) is 12.8 Å². The van der Waals surface area contributed by atoms with E-state index in [1.807, 2.05) is 29.6 Å². The summed E-state index contributed by atoms with van der Waals surface area (Å²) in [5.74, 6) is 0.0265. The third-order valence-corrected chi connectivity index (χ3v) is 4.01. The van der Waals surface area contributed by atoms with E-state index in [4.69, 9.17) is 0 Å². The lowest BCUT2D eigenvalue weighted by atomic mass is 10.2. The maximum atomic E-state index is 11.9. The van der Waals surface area contributed by atoms with Crippen molar-refractivity contribution in [2.45, 2.75) is 26.7 Å². The fraction of sp³-hybridized carbons (Fsp3) is 0.375. The molecular weight excluding hydrogens is 282 g/mol. The van der Waals surface area contributed by atoms with E-state index in [1.165, 1.54) is 5.69 Å². The van der Waals surface area contributed by atoms with Crippen molar-refractivity contribution in [2.75, 3.05) is 23.3 Å². The van der Waals surface area contributed by atoms with Gasteiger partial charge in [-0.25, -0.2) is 4.98 Å². The number of amides is 1. The summed E-state index contributed by atoms with van der Waals surface area (Å²) in [6.07, 6.45) is 1.15. The van der Waals surface area contributed by atoms with Crippen LogP contribution in [0.5, 0.6) is 0 Å². The number of carbonyl (C=O) groups excluding carboxylic acids is 1. The Kier molecular flexibility index (Phi) is 5.75. The first-order valence-electron chi connectivity index (χ1n) is 7.24. The molecule has 0 fully saturated rings. The molecule has 1 N–H and O–H groups in total. The van der Waals surface area contributed by atoms with Gasteiger partial charge in [-0.1, -0.05) is 0 Å². The zero-order valence-electron chi connectivity index (χ0n) is 12.5. The maximum Gasteiger partial charge on any atom is 0.224 e. The van der Waals surface area contributed by atoms with Crippen LogP contribution in [-0.2, 0) is 11.2 Å². The van der Waals surface area contributed by atoms with Gasteiger partial charge in [0.25, 0.3) is 0 Å². The second-order valence-corrected chi connectivity index (χ2v) is 5.47. The number of thiazole rings is 1. The van der Waals surface area contributed by atoms with Crippen molar-refractivity contribution in [1.82, 2.24) is 4.98 Å². The minimum atomic E-state index is 0.0265. The molecule has 0 bridgehead atoms. The van der Waals surface area contributed by atoms with Gasteiger partial charge in [-0.15, -0.1) is 11.3 Å². The highest BCUT2D eigenvalue weighted by molar-refractivity contribution is 7.07. The summed E-state index contributed by atoms with van der Waals surface area (Å²) >= 11 is 1.56. The molecule has 0 atom stereocenters. The van der Waals surface area contributed by atoms with Crippen molar-refractivity contribution in [3.8, 4) is 0 Å². The second-order valence-electron chi connectivity index (χ2n) is 4.75. The molecule has 1 heterocycles. The Bertz CT molecular complexity index is 547. The lowest BCUT2D eigenvalue weighted by Crippen LogP contribution is -2.21. The van der Waals surface area contributed by atoms with Gasteiger partial charge in [-0.2, -0.15) is 0 Å². The van der Waals surface area contributed by atoms with Gasteiger partial charge in [0.15, 0.2) is 0 Å². The fourth-order valence-electron chi connectivity index (χ4n) is 2.17. The largest absolute Gasteiger partial charge is 0.372 e. The fourth-order valence-corrected chi connectivity index (χ4v) is 2.76. The summed E-state index contributed by atoms with van der Waals surface area (Å²) in [6.45, 7) is 6.24. The third-order valence-electron chi connectivity index (χ3n) is 3.37. The van der Waals surface area contributed by atoms with Crippen LogP contribution in [0.15, 0.2) is 35.2 Å². The maximum absolute atomic E-state index is 11.9. The van der Waals surface area contributed by atoms with Gasteiger partial charge < -0.3 is 10.2 Å². The second kappa shape index (κ2) is 7.78. The first-order chi connectivity index (χ1) is 10.2. The summed E-state index contributed by atoms with van der Waals surface area (Å²) in [7, 11) is 0. The molecule has 0 aliphatic heterocycles. The van der Waals surface area contributed by atoms with Crippen LogP contribution in [0.25, 0.3) is 0 Å². The van der Waals surface area contributed by atoms with Gasteiger partial charge in [0.05, 0.1) is 11.2 Å². The van der Waals surface area contributed by atoms with Crippen molar-refractivity contribution in [3.63, 3.8) is 0 Å². The molecule has 5 heteroatoms. The van der Waals surface area contributed by atoms with Crippen LogP contribution in [0.3, 0.4) is 0 Å². The topological polar surface area (TPSA) is 45.2 Å². The Balaban J connectivity index is 1.86. The monoisotopic (exact) mass is 303 g/mol. The zero-order chi connectivity index (χ0) is 15.1. The molecule has 4 nitrogen and oxygen atoms in total. The van der Waals surface area contributed by atoms with E-state index >= 15 is 0 Å². The quantitative estimate of drug-likeness (QED) is 0.850. The Labute approximate surface area is 129 Å². The molecule has 112 valence electrons. The lowest BCUT2D eigenvalue weighted by Gasteiger charge is -2.21. The Hall–Kier alpha value is -1.88. The lowest BCUT2D eigenvalue weighted by molar-refractivity contribution is -0.116. The van der Waals surface area contributed by atoms with Crippen molar-refractivity contribution >= 4 is 28.6 Å². The minimum absolute atomic E-state index is 0.0265. The highest BCUT2D eigenvalue weighted by Gasteiger charge is 2.05. The Morgan fingerprint density at radius 1 is 1.24 bits per heavy atom. The number of rotatable bonds is 7. The molecule has 0 saturated carbocycles. The highest BCUT2D eigenvalue weighted by atomic mass is 32.1. The van der Waals surface area contributed by atoms with E-state index in [0.717, 1.165) is 24.5 Å². The smallest absolute Gasteiger partial charge is 0.224 e. The number of nitrogens with one attached hydrogen (secondary N) is 1. The molecule has 0 aliphatic rings. The first kappa shape index (κ1) is 15.5. The molecule has 0 unspecified atom stereocenters. The molecule has 0 saturated heterocycles. The molecule has 1 aromatic heterocycles. The van der Waals surface area contributed by atoms with E-state index < -0.39 is 0 Å². The number of aryl methyl sites for hydroxylation is 1.